The lowest BCUT2D eigenvalue weighted by atomic mass is 9.94. The van der Waals surface area contributed by atoms with Crippen LogP contribution in [-0.2, 0) is 16.0 Å². The van der Waals surface area contributed by atoms with Crippen LogP contribution in [0.1, 0.15) is 30.9 Å². The number of anilines is 2. The normalized spacial score (nSPS) is 17.7. The largest absolute Gasteiger partial charge is 0.477 e. The van der Waals surface area contributed by atoms with E-state index in [-0.39, 0.29) is 5.57 Å². The number of rotatable bonds is 6. The van der Waals surface area contributed by atoms with Crippen molar-refractivity contribution in [3.05, 3.63) is 89.2 Å². The average molecular weight is 442 g/mol. The highest BCUT2D eigenvalue weighted by Gasteiger charge is 2.24. The monoisotopic (exact) mass is 441 g/mol. The smallest absolute Gasteiger partial charge is 0.354 e. The third-order valence-electron chi connectivity index (χ3n) is 5.90. The van der Waals surface area contributed by atoms with Gasteiger partial charge in [0.2, 0.25) is 0 Å². The molecule has 0 spiro atoms. The SMILES string of the molecule is CC1C=CC=C(N2CCCc3cc(/C=C(/C(=N)C(=O)O)C(=O)Nc4ccccc4)ccc32)C1. The van der Waals surface area contributed by atoms with Gasteiger partial charge in [-0.3, -0.25) is 10.2 Å². The van der Waals surface area contributed by atoms with Crippen molar-refractivity contribution in [1.29, 1.82) is 5.41 Å². The Hall–Kier alpha value is -3.93. The topological polar surface area (TPSA) is 93.5 Å². The summed E-state index contributed by atoms with van der Waals surface area (Å²) in [5.41, 5.74) is 3.91. The second-order valence-electron chi connectivity index (χ2n) is 8.43. The van der Waals surface area contributed by atoms with Gasteiger partial charge in [0.25, 0.3) is 5.91 Å². The number of carbonyl (C=O) groups is 2. The van der Waals surface area contributed by atoms with Gasteiger partial charge in [-0.05, 0) is 72.7 Å². The molecule has 0 saturated heterocycles. The Kier molecular flexibility index (Phi) is 6.54. The molecular formula is C27H27N3O3. The minimum atomic E-state index is -1.44. The van der Waals surface area contributed by atoms with E-state index in [0.29, 0.717) is 17.2 Å². The predicted molar refractivity (Wildman–Crippen MR) is 132 cm³/mol. The van der Waals surface area contributed by atoms with Crippen molar-refractivity contribution in [3.63, 3.8) is 0 Å². The highest BCUT2D eigenvalue weighted by Crippen LogP contribution is 2.34. The summed E-state index contributed by atoms with van der Waals surface area (Å²) >= 11 is 0. The van der Waals surface area contributed by atoms with E-state index in [9.17, 15) is 14.7 Å². The van der Waals surface area contributed by atoms with Crippen LogP contribution in [0.4, 0.5) is 11.4 Å². The van der Waals surface area contributed by atoms with Gasteiger partial charge in [0.15, 0.2) is 5.71 Å². The Morgan fingerprint density at radius 3 is 2.70 bits per heavy atom. The molecule has 4 rings (SSSR count). The molecular weight excluding hydrogens is 414 g/mol. The van der Waals surface area contributed by atoms with E-state index in [1.54, 1.807) is 24.3 Å². The summed E-state index contributed by atoms with van der Waals surface area (Å²) in [6.07, 6.45) is 10.9. The van der Waals surface area contributed by atoms with Crippen molar-refractivity contribution in [1.82, 2.24) is 0 Å². The molecule has 0 aromatic heterocycles. The minimum Gasteiger partial charge on any atom is -0.477 e. The van der Waals surface area contributed by atoms with Crippen molar-refractivity contribution >= 4 is 35.0 Å². The number of hydrogen-bond donors (Lipinski definition) is 3. The lowest BCUT2D eigenvalue weighted by molar-refractivity contribution is -0.129. The van der Waals surface area contributed by atoms with Gasteiger partial charge in [0.05, 0.1) is 5.57 Å². The molecule has 2 aromatic rings. The van der Waals surface area contributed by atoms with Gasteiger partial charge in [-0.15, -0.1) is 0 Å². The second-order valence-corrected chi connectivity index (χ2v) is 8.43. The van der Waals surface area contributed by atoms with Crippen LogP contribution in [0.25, 0.3) is 6.08 Å². The molecule has 6 heteroatoms. The van der Waals surface area contributed by atoms with Crippen molar-refractivity contribution < 1.29 is 14.7 Å². The Labute approximate surface area is 193 Å². The van der Waals surface area contributed by atoms with E-state index in [4.69, 9.17) is 5.41 Å². The lowest BCUT2D eigenvalue weighted by Gasteiger charge is -2.35. The number of nitrogens with one attached hydrogen (secondary N) is 2. The molecule has 1 unspecified atom stereocenters. The van der Waals surface area contributed by atoms with Crippen molar-refractivity contribution in [2.24, 2.45) is 5.92 Å². The number of nitrogens with zero attached hydrogens (tertiary/aromatic N) is 1. The molecule has 0 fully saturated rings. The van der Waals surface area contributed by atoms with Crippen LogP contribution in [0.5, 0.6) is 0 Å². The van der Waals surface area contributed by atoms with Gasteiger partial charge in [0, 0.05) is 23.6 Å². The molecule has 33 heavy (non-hydrogen) atoms. The molecule has 0 radical (unpaired) electrons. The molecule has 1 heterocycles. The number of amides is 1. The molecule has 1 amide bonds. The number of allylic oxidation sites excluding steroid dienone is 4. The van der Waals surface area contributed by atoms with E-state index in [1.807, 2.05) is 24.3 Å². The number of hydrogen-bond acceptors (Lipinski definition) is 4. The Morgan fingerprint density at radius 2 is 1.97 bits per heavy atom. The van der Waals surface area contributed by atoms with Crippen LogP contribution in [0.3, 0.4) is 0 Å². The van der Waals surface area contributed by atoms with Crippen molar-refractivity contribution in [2.75, 3.05) is 16.8 Å². The maximum atomic E-state index is 12.8. The quantitative estimate of drug-likeness (QED) is 0.432. The van der Waals surface area contributed by atoms with E-state index >= 15 is 0 Å². The third kappa shape index (κ3) is 5.12. The number of carbonyl (C=O) groups excluding carboxylic acids is 1. The Morgan fingerprint density at radius 1 is 1.18 bits per heavy atom. The van der Waals surface area contributed by atoms with Crippen LogP contribution >= 0.6 is 0 Å². The summed E-state index contributed by atoms with van der Waals surface area (Å²) in [5, 5.41) is 20.0. The second kappa shape index (κ2) is 9.69. The summed E-state index contributed by atoms with van der Waals surface area (Å²) in [6, 6.07) is 14.7. The molecule has 0 saturated carbocycles. The number of aryl methyl sites for hydroxylation is 1. The zero-order valence-corrected chi connectivity index (χ0v) is 18.5. The van der Waals surface area contributed by atoms with E-state index in [1.165, 1.54) is 11.8 Å². The lowest BCUT2D eigenvalue weighted by Crippen LogP contribution is -2.30. The molecule has 1 atom stereocenters. The maximum absolute atomic E-state index is 12.8. The van der Waals surface area contributed by atoms with Crippen LogP contribution in [0, 0.1) is 11.3 Å². The van der Waals surface area contributed by atoms with Gasteiger partial charge in [-0.2, -0.15) is 0 Å². The van der Waals surface area contributed by atoms with E-state index in [0.717, 1.165) is 37.1 Å². The number of carboxylic acids is 1. The summed E-state index contributed by atoms with van der Waals surface area (Å²) in [7, 11) is 0. The number of para-hydroxylation sites is 1. The van der Waals surface area contributed by atoms with Crippen molar-refractivity contribution in [3.8, 4) is 0 Å². The number of aliphatic carboxylic acids is 1. The predicted octanol–water partition coefficient (Wildman–Crippen LogP) is 5.05. The molecule has 3 N–H and O–H groups in total. The van der Waals surface area contributed by atoms with Crippen LogP contribution in [0.2, 0.25) is 0 Å². The van der Waals surface area contributed by atoms with Gasteiger partial charge in [0.1, 0.15) is 0 Å². The van der Waals surface area contributed by atoms with Crippen LogP contribution < -0.4 is 10.2 Å². The zero-order valence-electron chi connectivity index (χ0n) is 18.5. The van der Waals surface area contributed by atoms with Gasteiger partial charge in [-0.25, -0.2) is 4.79 Å². The fourth-order valence-electron chi connectivity index (χ4n) is 4.28. The molecule has 6 nitrogen and oxygen atoms in total. The minimum absolute atomic E-state index is 0.187. The molecule has 0 bridgehead atoms. The fraction of sp³-hybridized carbons (Fsp3) is 0.222. The van der Waals surface area contributed by atoms with Gasteiger partial charge < -0.3 is 15.3 Å². The first kappa shape index (κ1) is 22.3. The summed E-state index contributed by atoms with van der Waals surface area (Å²) in [4.78, 5) is 26.7. The van der Waals surface area contributed by atoms with Crippen LogP contribution in [-0.4, -0.2) is 29.2 Å². The fourth-order valence-corrected chi connectivity index (χ4v) is 4.28. The number of fused-ring (bicyclic) bond motifs is 1. The first-order valence-corrected chi connectivity index (χ1v) is 11.1. The van der Waals surface area contributed by atoms with Crippen molar-refractivity contribution in [2.45, 2.75) is 26.2 Å². The van der Waals surface area contributed by atoms with Gasteiger partial charge in [-0.1, -0.05) is 43.3 Å². The van der Waals surface area contributed by atoms with Gasteiger partial charge >= 0.3 is 5.97 Å². The number of benzene rings is 2. The standard InChI is InChI=1S/C27H27N3O3/c1-18-7-5-11-22(15-18)30-14-6-8-20-16-19(12-13-24(20)30)17-23(25(28)27(32)33)26(31)29-21-9-3-2-4-10-21/h2-5,7,9-13,16-18,28H,6,8,14-15H2,1H3,(H,29,31)(H,32,33)/b23-17-,28-25?. The molecule has 168 valence electrons. The average Bonchev–Trinajstić information content (AvgIpc) is 2.82. The summed E-state index contributed by atoms with van der Waals surface area (Å²) in [5.74, 6) is -1.56. The third-order valence-corrected chi connectivity index (χ3v) is 5.90. The molecule has 1 aliphatic heterocycles. The number of carboxylic acid groups (broad SMARTS) is 1. The van der Waals surface area contributed by atoms with E-state index in [2.05, 4.69) is 35.4 Å². The highest BCUT2D eigenvalue weighted by atomic mass is 16.4. The highest BCUT2D eigenvalue weighted by molar-refractivity contribution is 6.50. The summed E-state index contributed by atoms with van der Waals surface area (Å²) in [6.45, 7) is 3.17. The molecule has 2 aliphatic rings. The first-order chi connectivity index (χ1) is 15.9. The molecule has 1 aliphatic carbocycles. The van der Waals surface area contributed by atoms with Crippen LogP contribution in [0.15, 0.2) is 78.0 Å². The zero-order chi connectivity index (χ0) is 23.4. The summed E-state index contributed by atoms with van der Waals surface area (Å²) < 4.78 is 0. The first-order valence-electron chi connectivity index (χ1n) is 11.1. The Bertz CT molecular complexity index is 1180. The molecule has 2 aromatic carbocycles. The maximum Gasteiger partial charge on any atom is 0.354 e. The Balaban J connectivity index is 1.65. The van der Waals surface area contributed by atoms with E-state index < -0.39 is 17.6 Å².